The summed E-state index contributed by atoms with van der Waals surface area (Å²) in [6.07, 6.45) is 3.36. The normalized spacial score (nSPS) is 22.3. The van der Waals surface area contributed by atoms with E-state index in [4.69, 9.17) is 0 Å². The molecule has 3 aliphatic rings. The molecule has 3 aliphatic heterocycles. The highest BCUT2D eigenvalue weighted by Gasteiger charge is 2.33. The zero-order valence-corrected chi connectivity index (χ0v) is 18.5. The highest BCUT2D eigenvalue weighted by atomic mass is 32.1. The van der Waals surface area contributed by atoms with Crippen LogP contribution < -0.4 is 14.7 Å². The van der Waals surface area contributed by atoms with Crippen LogP contribution in [-0.4, -0.2) is 72.7 Å². The molecule has 164 valence electrons. The van der Waals surface area contributed by atoms with E-state index in [2.05, 4.69) is 44.3 Å². The van der Waals surface area contributed by atoms with E-state index in [9.17, 15) is 9.59 Å². The molecule has 1 aromatic carbocycles. The Kier molecular flexibility index (Phi) is 5.76. The van der Waals surface area contributed by atoms with Crippen molar-refractivity contribution in [2.24, 2.45) is 5.92 Å². The standard InChI is InChI=1S/C22H28N6O2S/c29-19-9-5-11-28(19)22-24-23-21(31-22)27-10-4-6-17(16-27)20(30)26-14-12-25(13-15-26)18-7-2-1-3-8-18/h1-3,7-8,17H,4-6,9-16H2/t17-/m1/s1. The number of anilines is 3. The zero-order valence-electron chi connectivity index (χ0n) is 17.7. The van der Waals surface area contributed by atoms with E-state index >= 15 is 0 Å². The third-order valence-corrected chi connectivity index (χ3v) is 7.47. The summed E-state index contributed by atoms with van der Waals surface area (Å²) in [6.45, 7) is 5.57. The SMILES string of the molecule is O=C([C@@H]1CCCN(c2nnc(N3CCCC3=O)s2)C1)N1CCN(c2ccccc2)CC1. The van der Waals surface area contributed by atoms with Gasteiger partial charge >= 0.3 is 0 Å². The number of piperidine rings is 1. The molecule has 2 amide bonds. The van der Waals surface area contributed by atoms with E-state index in [0.29, 0.717) is 18.1 Å². The summed E-state index contributed by atoms with van der Waals surface area (Å²) in [4.78, 5) is 33.5. The van der Waals surface area contributed by atoms with Gasteiger partial charge in [0.05, 0.1) is 5.92 Å². The lowest BCUT2D eigenvalue weighted by Crippen LogP contribution is -2.52. The monoisotopic (exact) mass is 440 g/mol. The number of amides is 2. The number of carbonyl (C=O) groups excluding carboxylic acids is 2. The van der Waals surface area contributed by atoms with Gasteiger partial charge in [0.2, 0.25) is 22.1 Å². The van der Waals surface area contributed by atoms with Crippen molar-refractivity contribution in [3.8, 4) is 0 Å². The van der Waals surface area contributed by atoms with Crippen molar-refractivity contribution in [3.63, 3.8) is 0 Å². The van der Waals surface area contributed by atoms with Crippen molar-refractivity contribution in [1.82, 2.24) is 15.1 Å². The van der Waals surface area contributed by atoms with Crippen LogP contribution in [0, 0.1) is 5.92 Å². The van der Waals surface area contributed by atoms with Gasteiger partial charge in [-0.25, -0.2) is 0 Å². The third kappa shape index (κ3) is 4.23. The van der Waals surface area contributed by atoms with Gasteiger partial charge in [0.15, 0.2) is 0 Å². The second-order valence-electron chi connectivity index (χ2n) is 8.45. The van der Waals surface area contributed by atoms with E-state index in [1.807, 2.05) is 11.0 Å². The van der Waals surface area contributed by atoms with Crippen molar-refractivity contribution < 1.29 is 9.59 Å². The predicted octanol–water partition coefficient (Wildman–Crippen LogP) is 2.23. The molecule has 0 N–H and O–H groups in total. The van der Waals surface area contributed by atoms with Gasteiger partial charge in [0.1, 0.15) is 0 Å². The minimum absolute atomic E-state index is 0.00204. The largest absolute Gasteiger partial charge is 0.368 e. The van der Waals surface area contributed by atoms with Crippen LogP contribution in [-0.2, 0) is 9.59 Å². The molecule has 0 spiro atoms. The number of piperazine rings is 1. The Bertz CT molecular complexity index is 927. The fourth-order valence-electron chi connectivity index (χ4n) is 4.73. The summed E-state index contributed by atoms with van der Waals surface area (Å²) < 4.78 is 0. The van der Waals surface area contributed by atoms with Crippen molar-refractivity contribution in [2.75, 3.05) is 60.5 Å². The smallest absolute Gasteiger partial charge is 0.228 e. The molecule has 0 saturated carbocycles. The Morgan fingerprint density at radius 2 is 1.68 bits per heavy atom. The molecule has 0 radical (unpaired) electrons. The van der Waals surface area contributed by atoms with Crippen LogP contribution >= 0.6 is 11.3 Å². The molecule has 3 fully saturated rings. The van der Waals surface area contributed by atoms with Crippen LogP contribution in [0.25, 0.3) is 0 Å². The first-order valence-electron chi connectivity index (χ1n) is 11.2. The zero-order chi connectivity index (χ0) is 21.2. The minimum atomic E-state index is -0.00204. The molecule has 31 heavy (non-hydrogen) atoms. The minimum Gasteiger partial charge on any atom is -0.368 e. The average molecular weight is 441 g/mol. The lowest BCUT2D eigenvalue weighted by Gasteiger charge is -2.39. The van der Waals surface area contributed by atoms with Crippen LogP contribution in [0.15, 0.2) is 30.3 Å². The first-order valence-corrected chi connectivity index (χ1v) is 12.0. The number of hydrogen-bond donors (Lipinski definition) is 0. The molecule has 9 heteroatoms. The molecule has 3 saturated heterocycles. The average Bonchev–Trinajstić information content (AvgIpc) is 3.48. The van der Waals surface area contributed by atoms with Gasteiger partial charge in [-0.15, -0.1) is 10.2 Å². The second kappa shape index (κ2) is 8.82. The van der Waals surface area contributed by atoms with Crippen LogP contribution in [0.3, 0.4) is 0 Å². The van der Waals surface area contributed by atoms with Crippen LogP contribution in [0.4, 0.5) is 16.0 Å². The van der Waals surface area contributed by atoms with Gasteiger partial charge in [-0.2, -0.15) is 0 Å². The number of aromatic nitrogens is 2. The van der Waals surface area contributed by atoms with Crippen molar-refractivity contribution in [3.05, 3.63) is 30.3 Å². The first-order chi connectivity index (χ1) is 15.2. The van der Waals surface area contributed by atoms with Gasteiger partial charge in [-0.05, 0) is 31.4 Å². The molecule has 0 aliphatic carbocycles. The molecule has 2 aromatic rings. The summed E-state index contributed by atoms with van der Waals surface area (Å²) >= 11 is 1.46. The molecule has 4 heterocycles. The highest BCUT2D eigenvalue weighted by Crippen LogP contribution is 2.32. The van der Waals surface area contributed by atoms with E-state index in [0.717, 1.165) is 63.7 Å². The maximum absolute atomic E-state index is 13.2. The summed E-state index contributed by atoms with van der Waals surface area (Å²) in [5.74, 6) is 0.388. The van der Waals surface area contributed by atoms with Gasteiger partial charge < -0.3 is 14.7 Å². The molecule has 8 nitrogen and oxygen atoms in total. The Labute approximate surface area is 186 Å². The summed E-state index contributed by atoms with van der Waals surface area (Å²) in [7, 11) is 0. The van der Waals surface area contributed by atoms with E-state index < -0.39 is 0 Å². The molecular weight excluding hydrogens is 412 g/mol. The fourth-order valence-corrected chi connectivity index (χ4v) is 5.65. The van der Waals surface area contributed by atoms with Gasteiger partial charge in [-0.1, -0.05) is 29.5 Å². The second-order valence-corrected chi connectivity index (χ2v) is 9.38. The summed E-state index contributed by atoms with van der Waals surface area (Å²) in [6, 6.07) is 10.4. The number of hydrogen-bond acceptors (Lipinski definition) is 7. The number of rotatable bonds is 4. The first kappa shape index (κ1) is 20.2. The molecule has 1 atom stereocenters. The number of para-hydroxylation sites is 1. The van der Waals surface area contributed by atoms with E-state index in [1.165, 1.54) is 17.0 Å². The topological polar surface area (TPSA) is 72.9 Å². The number of nitrogens with zero attached hydrogens (tertiary/aromatic N) is 6. The lowest BCUT2D eigenvalue weighted by atomic mass is 9.96. The Balaban J connectivity index is 1.18. The molecule has 1 aromatic heterocycles. The summed E-state index contributed by atoms with van der Waals surface area (Å²) in [5.41, 5.74) is 1.22. The van der Waals surface area contributed by atoms with Crippen LogP contribution in [0.2, 0.25) is 0 Å². The van der Waals surface area contributed by atoms with E-state index in [1.54, 1.807) is 4.90 Å². The lowest BCUT2D eigenvalue weighted by molar-refractivity contribution is -0.136. The van der Waals surface area contributed by atoms with Crippen LogP contribution in [0.1, 0.15) is 25.7 Å². The predicted molar refractivity (Wildman–Crippen MR) is 122 cm³/mol. The van der Waals surface area contributed by atoms with Gasteiger partial charge in [0.25, 0.3) is 0 Å². The highest BCUT2D eigenvalue weighted by molar-refractivity contribution is 7.19. The molecule has 5 rings (SSSR count). The molecular formula is C22H28N6O2S. The maximum atomic E-state index is 13.2. The van der Waals surface area contributed by atoms with Crippen molar-refractivity contribution >= 4 is 39.1 Å². The molecule has 0 unspecified atom stereocenters. The van der Waals surface area contributed by atoms with Crippen molar-refractivity contribution in [2.45, 2.75) is 25.7 Å². The maximum Gasteiger partial charge on any atom is 0.228 e. The third-order valence-electron chi connectivity index (χ3n) is 6.46. The summed E-state index contributed by atoms with van der Waals surface area (Å²) in [5, 5.41) is 10.1. The number of benzene rings is 1. The number of carbonyl (C=O) groups is 2. The molecule has 0 bridgehead atoms. The Morgan fingerprint density at radius 3 is 2.42 bits per heavy atom. The quantitative estimate of drug-likeness (QED) is 0.726. The Hall–Kier alpha value is -2.68. The van der Waals surface area contributed by atoms with E-state index in [-0.39, 0.29) is 17.7 Å². The fraction of sp³-hybridized carbons (Fsp3) is 0.545. The Morgan fingerprint density at radius 1 is 0.903 bits per heavy atom. The van der Waals surface area contributed by atoms with Gasteiger partial charge in [0, 0.05) is 57.9 Å². The van der Waals surface area contributed by atoms with Gasteiger partial charge in [-0.3, -0.25) is 14.5 Å². The van der Waals surface area contributed by atoms with Crippen molar-refractivity contribution in [1.29, 1.82) is 0 Å². The van der Waals surface area contributed by atoms with Crippen LogP contribution in [0.5, 0.6) is 0 Å².